The second-order valence-electron chi connectivity index (χ2n) is 5.22. The summed E-state index contributed by atoms with van der Waals surface area (Å²) in [7, 11) is 1.68. The molecule has 0 aliphatic rings. The van der Waals surface area contributed by atoms with Crippen molar-refractivity contribution < 1.29 is 9.18 Å². The van der Waals surface area contributed by atoms with E-state index in [4.69, 9.17) is 0 Å². The minimum absolute atomic E-state index is 0.169. The molecule has 0 aliphatic heterocycles. The molecule has 0 saturated carbocycles. The maximum Gasteiger partial charge on any atom is 0.277 e. The van der Waals surface area contributed by atoms with E-state index in [2.05, 4.69) is 36.4 Å². The summed E-state index contributed by atoms with van der Waals surface area (Å²) in [5.41, 5.74) is 1.85. The Bertz CT molecular complexity index is 903. The Balaban J connectivity index is 1.73. The van der Waals surface area contributed by atoms with Crippen molar-refractivity contribution >= 4 is 27.8 Å². The highest BCUT2D eigenvalue weighted by atomic mass is 79.9. The molecule has 0 atom stereocenters. The molecule has 0 saturated heterocycles. The molecule has 24 heavy (non-hydrogen) atoms. The minimum atomic E-state index is -0.367. The Morgan fingerprint density at radius 3 is 2.83 bits per heavy atom. The average molecular weight is 393 g/mol. The first-order valence-electron chi connectivity index (χ1n) is 7.08. The van der Waals surface area contributed by atoms with E-state index in [9.17, 15) is 9.18 Å². The number of aryl methyl sites for hydroxylation is 2. The molecule has 0 radical (unpaired) electrons. The monoisotopic (exact) mass is 392 g/mol. The van der Waals surface area contributed by atoms with E-state index in [-0.39, 0.29) is 17.7 Å². The number of hydrogen-bond donors (Lipinski definition) is 1. The SMILES string of the molecule is Cc1nn(C)c(C(=O)Nc2ncn(Cc3cccc(F)c3)n2)c1Br. The molecule has 1 aromatic carbocycles. The number of hydrogen-bond acceptors (Lipinski definition) is 4. The van der Waals surface area contributed by atoms with Gasteiger partial charge in [-0.3, -0.25) is 14.8 Å². The Kier molecular flexibility index (Phi) is 4.43. The summed E-state index contributed by atoms with van der Waals surface area (Å²) in [4.78, 5) is 16.4. The van der Waals surface area contributed by atoms with E-state index in [1.807, 2.05) is 0 Å². The second-order valence-corrected chi connectivity index (χ2v) is 6.01. The molecular weight excluding hydrogens is 379 g/mol. The highest BCUT2D eigenvalue weighted by molar-refractivity contribution is 9.10. The molecule has 2 heterocycles. The summed E-state index contributed by atoms with van der Waals surface area (Å²) < 4.78 is 16.8. The zero-order valence-electron chi connectivity index (χ0n) is 13.0. The number of carbonyl (C=O) groups is 1. The van der Waals surface area contributed by atoms with Crippen LogP contribution in [0.2, 0.25) is 0 Å². The van der Waals surface area contributed by atoms with Crippen LogP contribution in [0.15, 0.2) is 35.1 Å². The average Bonchev–Trinajstić information content (AvgIpc) is 3.04. The third-order valence-electron chi connectivity index (χ3n) is 3.36. The molecule has 124 valence electrons. The van der Waals surface area contributed by atoms with Gasteiger partial charge in [0.2, 0.25) is 5.95 Å². The number of halogens is 2. The Morgan fingerprint density at radius 1 is 1.38 bits per heavy atom. The van der Waals surface area contributed by atoms with Crippen molar-refractivity contribution in [1.82, 2.24) is 24.5 Å². The van der Waals surface area contributed by atoms with E-state index in [1.165, 1.54) is 27.8 Å². The zero-order chi connectivity index (χ0) is 17.3. The van der Waals surface area contributed by atoms with Gasteiger partial charge in [0, 0.05) is 7.05 Å². The number of nitrogens with one attached hydrogen (secondary N) is 1. The fourth-order valence-electron chi connectivity index (χ4n) is 2.29. The van der Waals surface area contributed by atoms with Crippen LogP contribution in [0.4, 0.5) is 10.3 Å². The summed E-state index contributed by atoms with van der Waals surface area (Å²) in [5.74, 6) is -0.506. The van der Waals surface area contributed by atoms with Gasteiger partial charge in [-0.05, 0) is 40.5 Å². The standard InChI is InChI=1S/C15H14BrFN6O/c1-9-12(16)13(22(2)20-9)14(24)19-15-18-8-23(21-15)7-10-4-3-5-11(17)6-10/h3-6,8H,7H2,1-2H3,(H,19,21,24). The molecule has 1 amide bonds. The van der Waals surface area contributed by atoms with Crippen LogP contribution in [0, 0.1) is 12.7 Å². The van der Waals surface area contributed by atoms with Crippen molar-refractivity contribution in [3.05, 3.63) is 57.8 Å². The lowest BCUT2D eigenvalue weighted by molar-refractivity contribution is 0.101. The van der Waals surface area contributed by atoms with Crippen LogP contribution in [0.25, 0.3) is 0 Å². The predicted molar refractivity (Wildman–Crippen MR) is 89.1 cm³/mol. The largest absolute Gasteiger partial charge is 0.288 e. The van der Waals surface area contributed by atoms with Crippen LogP contribution in [0.1, 0.15) is 21.7 Å². The third kappa shape index (κ3) is 3.35. The van der Waals surface area contributed by atoms with Gasteiger partial charge in [-0.25, -0.2) is 14.1 Å². The van der Waals surface area contributed by atoms with E-state index in [0.717, 1.165) is 5.56 Å². The van der Waals surface area contributed by atoms with Gasteiger partial charge in [0.25, 0.3) is 5.91 Å². The number of amides is 1. The normalized spacial score (nSPS) is 10.8. The van der Waals surface area contributed by atoms with E-state index in [0.29, 0.717) is 22.4 Å². The summed E-state index contributed by atoms with van der Waals surface area (Å²) in [5, 5.41) is 11.0. The lowest BCUT2D eigenvalue weighted by Gasteiger charge is -2.03. The first kappa shape index (κ1) is 16.3. The molecule has 9 heteroatoms. The van der Waals surface area contributed by atoms with Crippen molar-refractivity contribution in [2.45, 2.75) is 13.5 Å². The Morgan fingerprint density at radius 2 is 2.17 bits per heavy atom. The lowest BCUT2D eigenvalue weighted by Crippen LogP contribution is -2.17. The van der Waals surface area contributed by atoms with Gasteiger partial charge in [0.05, 0.1) is 16.7 Å². The molecular formula is C15H14BrFN6O. The topological polar surface area (TPSA) is 77.6 Å². The van der Waals surface area contributed by atoms with Gasteiger partial charge in [-0.1, -0.05) is 12.1 Å². The zero-order valence-corrected chi connectivity index (χ0v) is 14.6. The highest BCUT2D eigenvalue weighted by Gasteiger charge is 2.19. The van der Waals surface area contributed by atoms with Gasteiger partial charge < -0.3 is 0 Å². The first-order chi connectivity index (χ1) is 11.4. The number of anilines is 1. The molecule has 0 aliphatic carbocycles. The fourth-order valence-corrected chi connectivity index (χ4v) is 2.81. The quantitative estimate of drug-likeness (QED) is 0.739. The van der Waals surface area contributed by atoms with Crippen molar-refractivity contribution in [3.8, 4) is 0 Å². The fraction of sp³-hybridized carbons (Fsp3) is 0.200. The third-order valence-corrected chi connectivity index (χ3v) is 4.31. The minimum Gasteiger partial charge on any atom is -0.288 e. The second kappa shape index (κ2) is 6.52. The van der Waals surface area contributed by atoms with E-state index >= 15 is 0 Å². The molecule has 3 aromatic rings. The maximum atomic E-state index is 13.2. The molecule has 0 spiro atoms. The van der Waals surface area contributed by atoms with Gasteiger partial charge in [0.1, 0.15) is 17.8 Å². The summed E-state index contributed by atoms with van der Waals surface area (Å²) >= 11 is 3.35. The van der Waals surface area contributed by atoms with Crippen LogP contribution in [0.3, 0.4) is 0 Å². The van der Waals surface area contributed by atoms with Crippen LogP contribution < -0.4 is 5.32 Å². The number of rotatable bonds is 4. The van der Waals surface area contributed by atoms with Crippen molar-refractivity contribution in [2.75, 3.05) is 5.32 Å². The molecule has 1 N–H and O–H groups in total. The number of carbonyl (C=O) groups excluding carboxylic acids is 1. The maximum absolute atomic E-state index is 13.2. The van der Waals surface area contributed by atoms with Crippen molar-refractivity contribution in [3.63, 3.8) is 0 Å². The van der Waals surface area contributed by atoms with Gasteiger partial charge in [-0.15, -0.1) is 5.10 Å². The number of nitrogens with zero attached hydrogens (tertiary/aromatic N) is 5. The van der Waals surface area contributed by atoms with Crippen LogP contribution in [0.5, 0.6) is 0 Å². The molecule has 2 aromatic heterocycles. The van der Waals surface area contributed by atoms with Gasteiger partial charge in [0.15, 0.2) is 0 Å². The smallest absolute Gasteiger partial charge is 0.277 e. The number of aromatic nitrogens is 5. The number of benzene rings is 1. The van der Waals surface area contributed by atoms with Gasteiger partial charge in [-0.2, -0.15) is 5.10 Å². The van der Waals surface area contributed by atoms with Gasteiger partial charge >= 0.3 is 0 Å². The Hall–Kier alpha value is -2.55. The summed E-state index contributed by atoms with van der Waals surface area (Å²) in [6.45, 7) is 2.15. The predicted octanol–water partition coefficient (Wildman–Crippen LogP) is 2.52. The molecule has 3 rings (SSSR count). The van der Waals surface area contributed by atoms with E-state index in [1.54, 1.807) is 26.1 Å². The first-order valence-corrected chi connectivity index (χ1v) is 7.87. The molecule has 0 fully saturated rings. The molecule has 0 unspecified atom stereocenters. The van der Waals surface area contributed by atoms with Crippen LogP contribution in [-0.2, 0) is 13.6 Å². The summed E-state index contributed by atoms with van der Waals surface area (Å²) in [6, 6.07) is 6.23. The highest BCUT2D eigenvalue weighted by Crippen LogP contribution is 2.20. The van der Waals surface area contributed by atoms with Crippen LogP contribution in [-0.4, -0.2) is 30.5 Å². The lowest BCUT2D eigenvalue weighted by atomic mass is 10.2. The van der Waals surface area contributed by atoms with E-state index < -0.39 is 0 Å². The van der Waals surface area contributed by atoms with Crippen LogP contribution >= 0.6 is 15.9 Å². The molecule has 0 bridgehead atoms. The van der Waals surface area contributed by atoms with Crippen molar-refractivity contribution in [1.29, 1.82) is 0 Å². The van der Waals surface area contributed by atoms with Crippen molar-refractivity contribution in [2.24, 2.45) is 7.05 Å². The Labute approximate surface area is 145 Å². The molecule has 7 nitrogen and oxygen atoms in total. The summed E-state index contributed by atoms with van der Waals surface area (Å²) in [6.07, 6.45) is 1.48.